The van der Waals surface area contributed by atoms with E-state index in [9.17, 15) is 14.4 Å². The third kappa shape index (κ3) is 3.49. The standard InChI is InChI=1S/C30H44O4/c1-18(16-20(31)17-19(2)26(33)34)21-10-14-30(7)23-8-9-24-27(3,4)25(32)12-13-28(24,5)22(23)11-15-29(21,30)6/h8,17-18,21-22,24H,9-16H2,1-7H3,(H,33,34)/b19-17+/t18-,21-,22-,24?,28-,29-,30+/m1/s1. The van der Waals surface area contributed by atoms with Gasteiger partial charge in [-0.25, -0.2) is 4.79 Å². The lowest BCUT2D eigenvalue weighted by Crippen LogP contribution is -2.57. The van der Waals surface area contributed by atoms with Gasteiger partial charge in [0.15, 0.2) is 5.78 Å². The van der Waals surface area contributed by atoms with Crippen molar-refractivity contribution in [3.05, 3.63) is 23.3 Å². The summed E-state index contributed by atoms with van der Waals surface area (Å²) in [6.45, 7) is 15.5. The molecule has 4 nitrogen and oxygen atoms in total. The molecule has 1 unspecified atom stereocenters. The Kier molecular flexibility index (Phi) is 6.10. The van der Waals surface area contributed by atoms with Crippen LogP contribution in [0.15, 0.2) is 23.3 Å². The van der Waals surface area contributed by atoms with Gasteiger partial charge in [-0.3, -0.25) is 9.59 Å². The van der Waals surface area contributed by atoms with E-state index >= 15 is 0 Å². The zero-order valence-corrected chi connectivity index (χ0v) is 22.3. The molecule has 0 spiro atoms. The quantitative estimate of drug-likeness (QED) is 0.356. The summed E-state index contributed by atoms with van der Waals surface area (Å²) in [6, 6.07) is 0. The largest absolute Gasteiger partial charge is 0.478 e. The molecule has 1 N–H and O–H groups in total. The van der Waals surface area contributed by atoms with E-state index < -0.39 is 5.97 Å². The molecule has 4 aliphatic rings. The van der Waals surface area contributed by atoms with Gasteiger partial charge in [-0.15, -0.1) is 0 Å². The van der Waals surface area contributed by atoms with Crippen LogP contribution in [0.3, 0.4) is 0 Å². The Bertz CT molecular complexity index is 970. The zero-order chi connectivity index (χ0) is 25.3. The average Bonchev–Trinajstić information content (AvgIpc) is 3.02. The van der Waals surface area contributed by atoms with E-state index in [-0.39, 0.29) is 38.9 Å². The van der Waals surface area contributed by atoms with Crippen LogP contribution in [-0.2, 0) is 14.4 Å². The summed E-state index contributed by atoms with van der Waals surface area (Å²) in [5.41, 5.74) is 1.97. The van der Waals surface area contributed by atoms with E-state index in [1.807, 2.05) is 0 Å². The fourth-order valence-corrected chi connectivity index (χ4v) is 9.29. The van der Waals surface area contributed by atoms with Gasteiger partial charge < -0.3 is 5.11 Å². The van der Waals surface area contributed by atoms with Crippen molar-refractivity contribution in [2.24, 2.45) is 45.3 Å². The Morgan fingerprint density at radius 3 is 2.44 bits per heavy atom. The lowest BCUT2D eigenvalue weighted by atomic mass is 9.41. The minimum Gasteiger partial charge on any atom is -0.478 e. The third-order valence-corrected chi connectivity index (χ3v) is 11.6. The van der Waals surface area contributed by atoms with Gasteiger partial charge in [-0.05, 0) is 91.4 Å². The van der Waals surface area contributed by atoms with Gasteiger partial charge in [0.1, 0.15) is 5.78 Å². The molecule has 0 aromatic heterocycles. The van der Waals surface area contributed by atoms with Crippen molar-refractivity contribution in [1.82, 2.24) is 0 Å². The summed E-state index contributed by atoms with van der Waals surface area (Å²) in [7, 11) is 0. The van der Waals surface area contributed by atoms with E-state index in [0.29, 0.717) is 36.4 Å². The summed E-state index contributed by atoms with van der Waals surface area (Å²) in [6.07, 6.45) is 11.6. The molecule has 188 valence electrons. The number of carboxylic acids is 1. The number of carbonyl (C=O) groups is 3. The van der Waals surface area contributed by atoms with E-state index in [1.54, 1.807) is 5.57 Å². The van der Waals surface area contributed by atoms with Crippen LogP contribution < -0.4 is 0 Å². The number of allylic oxidation sites excluding steroid dienone is 3. The number of hydrogen-bond acceptors (Lipinski definition) is 3. The Morgan fingerprint density at radius 1 is 1.12 bits per heavy atom. The second-order valence-corrected chi connectivity index (χ2v) is 13.4. The highest BCUT2D eigenvalue weighted by molar-refractivity contribution is 5.98. The van der Waals surface area contributed by atoms with Crippen molar-refractivity contribution >= 4 is 17.5 Å². The Morgan fingerprint density at radius 2 is 1.79 bits per heavy atom. The van der Waals surface area contributed by atoms with Gasteiger partial charge in [0, 0.05) is 23.8 Å². The molecule has 3 fully saturated rings. The molecule has 3 saturated carbocycles. The highest BCUT2D eigenvalue weighted by Crippen LogP contribution is 2.73. The molecule has 0 saturated heterocycles. The summed E-state index contributed by atoms with van der Waals surface area (Å²) in [5, 5.41) is 9.12. The van der Waals surface area contributed by atoms with Crippen LogP contribution in [0.4, 0.5) is 0 Å². The molecule has 0 bridgehead atoms. The van der Waals surface area contributed by atoms with Crippen molar-refractivity contribution in [2.75, 3.05) is 0 Å². The van der Waals surface area contributed by atoms with Crippen molar-refractivity contribution in [1.29, 1.82) is 0 Å². The molecule has 0 heterocycles. The van der Waals surface area contributed by atoms with Crippen molar-refractivity contribution in [2.45, 2.75) is 99.8 Å². The number of hydrogen-bond donors (Lipinski definition) is 1. The monoisotopic (exact) mass is 468 g/mol. The van der Waals surface area contributed by atoms with E-state index in [0.717, 1.165) is 32.1 Å². The van der Waals surface area contributed by atoms with Gasteiger partial charge >= 0.3 is 5.97 Å². The maximum atomic E-state index is 12.8. The molecular formula is C30H44O4. The normalized spacial score (nSPS) is 42.2. The van der Waals surface area contributed by atoms with E-state index in [2.05, 4.69) is 47.6 Å². The Labute approximate surface area is 205 Å². The van der Waals surface area contributed by atoms with Gasteiger partial charge in [0.25, 0.3) is 0 Å². The van der Waals surface area contributed by atoms with Crippen LogP contribution in [-0.4, -0.2) is 22.6 Å². The molecule has 4 rings (SSSR count). The first-order chi connectivity index (χ1) is 15.7. The minimum atomic E-state index is -1.02. The number of fused-ring (bicyclic) bond motifs is 5. The first kappa shape index (κ1) is 25.4. The second-order valence-electron chi connectivity index (χ2n) is 13.4. The number of aliphatic carboxylic acids is 1. The highest BCUT2D eigenvalue weighted by atomic mass is 16.4. The molecule has 0 amide bonds. The molecule has 34 heavy (non-hydrogen) atoms. The minimum absolute atomic E-state index is 0.0698. The zero-order valence-electron chi connectivity index (χ0n) is 22.3. The first-order valence-electron chi connectivity index (χ1n) is 13.4. The summed E-state index contributed by atoms with van der Waals surface area (Å²) < 4.78 is 0. The third-order valence-electron chi connectivity index (χ3n) is 11.6. The lowest BCUT2D eigenvalue weighted by Gasteiger charge is -2.63. The smallest absolute Gasteiger partial charge is 0.331 e. The Hall–Kier alpha value is -1.71. The molecule has 0 aliphatic heterocycles. The van der Waals surface area contributed by atoms with Crippen LogP contribution >= 0.6 is 0 Å². The van der Waals surface area contributed by atoms with Crippen LogP contribution in [0.2, 0.25) is 0 Å². The predicted octanol–water partition coefficient (Wildman–Crippen LogP) is 6.79. The van der Waals surface area contributed by atoms with Crippen molar-refractivity contribution in [3.63, 3.8) is 0 Å². The maximum Gasteiger partial charge on any atom is 0.331 e. The second kappa shape index (κ2) is 8.17. The van der Waals surface area contributed by atoms with Crippen LogP contribution in [0.25, 0.3) is 0 Å². The van der Waals surface area contributed by atoms with Gasteiger partial charge in [0.2, 0.25) is 0 Å². The van der Waals surface area contributed by atoms with Crippen molar-refractivity contribution in [3.8, 4) is 0 Å². The summed E-state index contributed by atoms with van der Waals surface area (Å²) >= 11 is 0. The topological polar surface area (TPSA) is 71.4 Å². The maximum absolute atomic E-state index is 12.8. The molecule has 4 aliphatic carbocycles. The van der Waals surface area contributed by atoms with Gasteiger partial charge in [-0.1, -0.05) is 53.2 Å². The SMILES string of the molecule is C/C(=C\C(=O)C[C@@H](C)[C@H]1CC[C@@]2(C)C3=CCC4C(C)(C)C(=O)CC[C@]4(C)[C@@H]3CC[C@]12C)C(=O)O. The summed E-state index contributed by atoms with van der Waals surface area (Å²) in [5.74, 6) is 0.993. The van der Waals surface area contributed by atoms with Crippen LogP contribution in [0.5, 0.6) is 0 Å². The fourth-order valence-electron chi connectivity index (χ4n) is 9.29. The van der Waals surface area contributed by atoms with Gasteiger partial charge in [-0.2, -0.15) is 0 Å². The van der Waals surface area contributed by atoms with Crippen LogP contribution in [0.1, 0.15) is 99.8 Å². The predicted molar refractivity (Wildman–Crippen MR) is 134 cm³/mol. The molecule has 7 atom stereocenters. The average molecular weight is 469 g/mol. The van der Waals surface area contributed by atoms with Crippen molar-refractivity contribution < 1.29 is 19.5 Å². The molecule has 0 radical (unpaired) electrons. The van der Waals surface area contributed by atoms with E-state index in [4.69, 9.17) is 5.11 Å². The molecule has 0 aromatic rings. The van der Waals surface area contributed by atoms with Crippen LogP contribution in [0, 0.1) is 45.3 Å². The number of Topliss-reactive ketones (excluding diaryl/α,β-unsaturated/α-hetero) is 1. The number of rotatable bonds is 5. The summed E-state index contributed by atoms with van der Waals surface area (Å²) in [4.78, 5) is 36.5. The fraction of sp³-hybridized carbons (Fsp3) is 0.767. The molecule has 0 aromatic carbocycles. The van der Waals surface area contributed by atoms with E-state index in [1.165, 1.54) is 19.4 Å². The number of carbonyl (C=O) groups excluding carboxylic acids is 2. The number of carboxylic acid groups (broad SMARTS) is 1. The lowest BCUT2D eigenvalue weighted by molar-refractivity contribution is -0.146. The Balaban J connectivity index is 1.61. The first-order valence-corrected chi connectivity index (χ1v) is 13.4. The van der Waals surface area contributed by atoms with Gasteiger partial charge in [0.05, 0.1) is 0 Å². The molecule has 4 heteroatoms. The number of ketones is 2. The molecular weight excluding hydrogens is 424 g/mol. The highest BCUT2D eigenvalue weighted by Gasteiger charge is 2.65.